The molecule has 1 aromatic carbocycles. The maximum atomic E-state index is 3.29. The van der Waals surface area contributed by atoms with Crippen molar-refractivity contribution in [2.24, 2.45) is 5.92 Å². The number of rotatable bonds is 1. The van der Waals surface area contributed by atoms with Crippen molar-refractivity contribution in [3.05, 3.63) is 30.3 Å². The Balaban J connectivity index is 2.51. The molecule has 1 heteroatoms. The van der Waals surface area contributed by atoms with E-state index in [0.29, 0.717) is 5.92 Å². The first-order chi connectivity index (χ1) is 5.79. The minimum atomic E-state index is -0.315. The van der Waals surface area contributed by atoms with Crippen molar-refractivity contribution in [1.82, 2.24) is 0 Å². The van der Waals surface area contributed by atoms with Crippen LogP contribution in [0.3, 0.4) is 0 Å². The molecule has 0 aliphatic rings. The Hall–Kier alpha value is -1.00. The standard InChI is InChI=1S/C11H14Si/c1-10(2)8-9-12-11-6-4-3-5-7-11/h3-7,10H,12H2,1-2H3. The Morgan fingerprint density at radius 3 is 2.42 bits per heavy atom. The van der Waals surface area contributed by atoms with E-state index < -0.39 is 0 Å². The highest BCUT2D eigenvalue weighted by Crippen LogP contribution is 1.85. The second-order valence-corrected chi connectivity index (χ2v) is 4.66. The fraction of sp³-hybridized carbons (Fsp3) is 0.273. The molecule has 0 nitrogen and oxygen atoms in total. The zero-order valence-electron chi connectivity index (χ0n) is 7.67. The van der Waals surface area contributed by atoms with Crippen molar-refractivity contribution in [1.29, 1.82) is 0 Å². The van der Waals surface area contributed by atoms with E-state index in [1.54, 1.807) is 0 Å². The summed E-state index contributed by atoms with van der Waals surface area (Å²) in [6.07, 6.45) is 0. The molecule has 0 aromatic heterocycles. The van der Waals surface area contributed by atoms with Crippen LogP contribution in [0.5, 0.6) is 0 Å². The van der Waals surface area contributed by atoms with E-state index in [1.807, 2.05) is 6.07 Å². The number of hydrogen-bond acceptors (Lipinski definition) is 0. The van der Waals surface area contributed by atoms with Crippen LogP contribution < -0.4 is 5.19 Å². The lowest BCUT2D eigenvalue weighted by molar-refractivity contribution is 0.867. The average Bonchev–Trinajstić information content (AvgIpc) is 2.05. The summed E-state index contributed by atoms with van der Waals surface area (Å²) in [4.78, 5) is 0. The summed E-state index contributed by atoms with van der Waals surface area (Å²) in [6, 6.07) is 10.6. The predicted octanol–water partition coefficient (Wildman–Crippen LogP) is 1.10. The highest BCUT2D eigenvalue weighted by atomic mass is 28.2. The van der Waals surface area contributed by atoms with Crippen LogP contribution in [-0.2, 0) is 0 Å². The van der Waals surface area contributed by atoms with Crippen molar-refractivity contribution < 1.29 is 0 Å². The Morgan fingerprint density at radius 1 is 1.17 bits per heavy atom. The smallest absolute Gasteiger partial charge is 0.134 e. The highest BCUT2D eigenvalue weighted by Gasteiger charge is 1.86. The molecule has 0 saturated heterocycles. The van der Waals surface area contributed by atoms with E-state index in [4.69, 9.17) is 0 Å². The fourth-order valence-electron chi connectivity index (χ4n) is 0.953. The number of benzene rings is 1. The van der Waals surface area contributed by atoms with E-state index in [2.05, 4.69) is 49.6 Å². The third-order valence-electron chi connectivity index (χ3n) is 1.53. The maximum absolute atomic E-state index is 3.29. The van der Waals surface area contributed by atoms with Gasteiger partial charge in [-0.1, -0.05) is 49.4 Å². The first kappa shape index (κ1) is 9.09. The molecule has 0 N–H and O–H groups in total. The van der Waals surface area contributed by atoms with Gasteiger partial charge in [0.25, 0.3) is 0 Å². The normalized spacial score (nSPS) is 10.2. The molecule has 0 radical (unpaired) electrons. The van der Waals surface area contributed by atoms with Gasteiger partial charge in [-0.15, -0.1) is 11.5 Å². The molecule has 0 heterocycles. The molecule has 0 aliphatic heterocycles. The molecule has 12 heavy (non-hydrogen) atoms. The van der Waals surface area contributed by atoms with Crippen molar-refractivity contribution >= 4 is 14.7 Å². The predicted molar refractivity (Wildman–Crippen MR) is 57.2 cm³/mol. The van der Waals surface area contributed by atoms with Crippen LogP contribution in [0.1, 0.15) is 13.8 Å². The van der Waals surface area contributed by atoms with Crippen LogP contribution in [0.25, 0.3) is 0 Å². The van der Waals surface area contributed by atoms with E-state index in [-0.39, 0.29) is 9.52 Å². The van der Waals surface area contributed by atoms with Gasteiger partial charge in [0, 0.05) is 5.92 Å². The van der Waals surface area contributed by atoms with E-state index in [0.717, 1.165) is 0 Å². The molecule has 0 aliphatic carbocycles. The van der Waals surface area contributed by atoms with Gasteiger partial charge in [-0.05, 0) is 0 Å². The summed E-state index contributed by atoms with van der Waals surface area (Å²) in [7, 11) is -0.315. The van der Waals surface area contributed by atoms with Gasteiger partial charge in [-0.2, -0.15) is 0 Å². The molecular weight excluding hydrogens is 160 g/mol. The van der Waals surface area contributed by atoms with Crippen molar-refractivity contribution in [2.75, 3.05) is 0 Å². The fourth-order valence-corrected chi connectivity index (χ4v) is 2.18. The lowest BCUT2D eigenvalue weighted by Gasteiger charge is -1.91. The molecule has 0 spiro atoms. The largest absolute Gasteiger partial charge is 0.137 e. The average molecular weight is 174 g/mol. The van der Waals surface area contributed by atoms with Gasteiger partial charge in [-0.25, -0.2) is 0 Å². The van der Waals surface area contributed by atoms with Crippen molar-refractivity contribution in [3.63, 3.8) is 0 Å². The lowest BCUT2D eigenvalue weighted by atomic mass is 10.2. The SMILES string of the molecule is CC(C)C#C[SiH2]c1ccccc1. The summed E-state index contributed by atoms with van der Waals surface area (Å²) in [5.41, 5.74) is 3.29. The molecule has 0 atom stereocenters. The molecule has 0 unspecified atom stereocenters. The minimum Gasteiger partial charge on any atom is -0.134 e. The summed E-state index contributed by atoms with van der Waals surface area (Å²) in [6.45, 7) is 4.26. The summed E-state index contributed by atoms with van der Waals surface area (Å²) in [5, 5.41) is 1.44. The van der Waals surface area contributed by atoms with Gasteiger partial charge in [0.15, 0.2) is 0 Å². The summed E-state index contributed by atoms with van der Waals surface area (Å²) >= 11 is 0. The van der Waals surface area contributed by atoms with Gasteiger partial charge in [-0.3, -0.25) is 0 Å². The van der Waals surface area contributed by atoms with Crippen LogP contribution in [0.15, 0.2) is 30.3 Å². The van der Waals surface area contributed by atoms with Gasteiger partial charge in [0.2, 0.25) is 0 Å². The van der Waals surface area contributed by atoms with Crippen LogP contribution in [0, 0.1) is 17.4 Å². The molecule has 0 bridgehead atoms. The Bertz CT molecular complexity index is 277. The second kappa shape index (κ2) is 4.79. The topological polar surface area (TPSA) is 0 Å². The third-order valence-corrected chi connectivity index (χ3v) is 2.79. The Labute approximate surface area is 76.8 Å². The Kier molecular flexibility index (Phi) is 3.63. The van der Waals surface area contributed by atoms with E-state index in [1.165, 1.54) is 5.19 Å². The maximum Gasteiger partial charge on any atom is 0.137 e. The molecule has 1 aromatic rings. The highest BCUT2D eigenvalue weighted by molar-refractivity contribution is 6.61. The third kappa shape index (κ3) is 3.41. The van der Waals surface area contributed by atoms with Crippen LogP contribution in [0.2, 0.25) is 0 Å². The molecule has 62 valence electrons. The van der Waals surface area contributed by atoms with E-state index in [9.17, 15) is 0 Å². The minimum absolute atomic E-state index is 0.315. The summed E-state index contributed by atoms with van der Waals surface area (Å²) < 4.78 is 0. The number of hydrogen-bond donors (Lipinski definition) is 0. The van der Waals surface area contributed by atoms with E-state index >= 15 is 0 Å². The van der Waals surface area contributed by atoms with Gasteiger partial charge in [0.1, 0.15) is 9.52 Å². The quantitative estimate of drug-likeness (QED) is 0.442. The molecule has 0 saturated carbocycles. The molecule has 1 rings (SSSR count). The molecular formula is C11H14Si. The van der Waals surface area contributed by atoms with Gasteiger partial charge >= 0.3 is 0 Å². The zero-order chi connectivity index (χ0) is 8.81. The molecule has 0 fully saturated rings. The van der Waals surface area contributed by atoms with Crippen molar-refractivity contribution in [2.45, 2.75) is 13.8 Å². The van der Waals surface area contributed by atoms with Crippen LogP contribution in [0.4, 0.5) is 0 Å². The second-order valence-electron chi connectivity index (χ2n) is 3.14. The summed E-state index contributed by atoms with van der Waals surface area (Å²) in [5.74, 6) is 3.72. The first-order valence-corrected chi connectivity index (χ1v) is 5.73. The zero-order valence-corrected chi connectivity index (χ0v) is 9.09. The van der Waals surface area contributed by atoms with Crippen LogP contribution >= 0.6 is 0 Å². The van der Waals surface area contributed by atoms with Gasteiger partial charge < -0.3 is 0 Å². The van der Waals surface area contributed by atoms with Crippen LogP contribution in [-0.4, -0.2) is 9.52 Å². The van der Waals surface area contributed by atoms with Gasteiger partial charge in [0.05, 0.1) is 0 Å². The van der Waals surface area contributed by atoms with Crippen molar-refractivity contribution in [3.8, 4) is 11.5 Å². The molecule has 0 amide bonds. The Morgan fingerprint density at radius 2 is 1.83 bits per heavy atom. The lowest BCUT2D eigenvalue weighted by Crippen LogP contribution is -2.10. The monoisotopic (exact) mass is 174 g/mol. The first-order valence-electron chi connectivity index (χ1n) is 4.31.